The van der Waals surface area contributed by atoms with Crippen LogP contribution in [0.5, 0.6) is 5.75 Å². The molecule has 0 atom stereocenters. The van der Waals surface area contributed by atoms with Crippen LogP contribution in [0.2, 0.25) is 5.02 Å². The summed E-state index contributed by atoms with van der Waals surface area (Å²) in [6.07, 6.45) is 6.60. The second kappa shape index (κ2) is 8.55. The van der Waals surface area contributed by atoms with Crippen molar-refractivity contribution in [2.45, 2.75) is 58.2 Å². The van der Waals surface area contributed by atoms with E-state index < -0.39 is 0 Å². The molecule has 24 heavy (non-hydrogen) atoms. The smallest absolute Gasteiger partial charge is 0.124 e. The topological polar surface area (TPSA) is 21.3 Å². The van der Waals surface area contributed by atoms with Gasteiger partial charge in [0.05, 0.1) is 0 Å². The summed E-state index contributed by atoms with van der Waals surface area (Å²) in [4.78, 5) is 0. The van der Waals surface area contributed by atoms with Crippen LogP contribution < -0.4 is 10.1 Å². The van der Waals surface area contributed by atoms with E-state index in [1.165, 1.54) is 43.2 Å². The molecule has 1 aliphatic rings. The Morgan fingerprint density at radius 3 is 2.62 bits per heavy atom. The molecule has 0 saturated heterocycles. The summed E-state index contributed by atoms with van der Waals surface area (Å²) in [6, 6.07) is 14.9. The van der Waals surface area contributed by atoms with E-state index in [0.29, 0.717) is 12.6 Å². The molecule has 128 valence electrons. The van der Waals surface area contributed by atoms with Gasteiger partial charge in [0.15, 0.2) is 0 Å². The van der Waals surface area contributed by atoms with Crippen molar-refractivity contribution in [1.29, 1.82) is 0 Å². The van der Waals surface area contributed by atoms with E-state index >= 15 is 0 Å². The minimum atomic E-state index is 0.588. The lowest BCUT2D eigenvalue weighted by Gasteiger charge is -2.23. The second-order valence-electron chi connectivity index (χ2n) is 6.68. The van der Waals surface area contributed by atoms with Gasteiger partial charge in [0.25, 0.3) is 0 Å². The molecule has 2 aromatic rings. The van der Waals surface area contributed by atoms with E-state index in [-0.39, 0.29) is 0 Å². The van der Waals surface area contributed by atoms with Crippen molar-refractivity contribution in [2.24, 2.45) is 0 Å². The zero-order chi connectivity index (χ0) is 16.8. The number of halogens is 1. The quantitative estimate of drug-likeness (QED) is 0.731. The molecular formula is C21H26ClNO. The van der Waals surface area contributed by atoms with Gasteiger partial charge in [0, 0.05) is 23.2 Å². The van der Waals surface area contributed by atoms with E-state index in [4.69, 9.17) is 16.3 Å². The summed E-state index contributed by atoms with van der Waals surface area (Å²) < 4.78 is 6.10. The van der Waals surface area contributed by atoms with Crippen LogP contribution in [-0.4, -0.2) is 6.04 Å². The minimum absolute atomic E-state index is 0.588. The van der Waals surface area contributed by atoms with Crippen molar-refractivity contribution >= 4 is 11.6 Å². The minimum Gasteiger partial charge on any atom is -0.489 e. The van der Waals surface area contributed by atoms with Crippen molar-refractivity contribution in [3.05, 3.63) is 64.2 Å². The third-order valence-electron chi connectivity index (χ3n) is 4.85. The summed E-state index contributed by atoms with van der Waals surface area (Å²) in [5.41, 5.74) is 3.62. The first-order valence-corrected chi connectivity index (χ1v) is 9.29. The Hall–Kier alpha value is -1.51. The Kier molecular flexibility index (Phi) is 6.17. The number of nitrogens with one attached hydrogen (secondary N) is 1. The van der Waals surface area contributed by atoms with Gasteiger partial charge in [0.1, 0.15) is 12.4 Å². The highest BCUT2D eigenvalue weighted by atomic mass is 35.5. The first-order chi connectivity index (χ1) is 11.7. The molecule has 0 spiro atoms. The fraction of sp³-hybridized carbons (Fsp3) is 0.429. The number of benzene rings is 2. The fourth-order valence-electron chi connectivity index (χ4n) is 3.32. The van der Waals surface area contributed by atoms with Crippen LogP contribution in [-0.2, 0) is 13.2 Å². The molecule has 0 unspecified atom stereocenters. The third-order valence-corrected chi connectivity index (χ3v) is 5.09. The van der Waals surface area contributed by atoms with Crippen LogP contribution in [0.25, 0.3) is 0 Å². The van der Waals surface area contributed by atoms with Crippen molar-refractivity contribution in [1.82, 2.24) is 5.32 Å². The van der Waals surface area contributed by atoms with Gasteiger partial charge in [-0.3, -0.25) is 0 Å². The standard InChI is InChI=1S/C21H26ClNO/c1-16-7-5-6-8-17(16)15-24-21-12-11-19(22)13-18(21)14-23-20-9-3-2-4-10-20/h5-8,11-13,20,23H,2-4,9-10,14-15H2,1H3. The van der Waals surface area contributed by atoms with Gasteiger partial charge >= 0.3 is 0 Å². The van der Waals surface area contributed by atoms with Crippen molar-refractivity contribution in [2.75, 3.05) is 0 Å². The maximum Gasteiger partial charge on any atom is 0.124 e. The molecule has 1 saturated carbocycles. The third kappa shape index (κ3) is 4.75. The van der Waals surface area contributed by atoms with E-state index in [1.807, 2.05) is 18.2 Å². The van der Waals surface area contributed by atoms with Gasteiger partial charge in [-0.15, -0.1) is 0 Å². The van der Waals surface area contributed by atoms with Crippen molar-refractivity contribution in [3.63, 3.8) is 0 Å². The molecule has 3 rings (SSSR count). The molecule has 2 aromatic carbocycles. The molecule has 0 aromatic heterocycles. The maximum atomic E-state index is 6.20. The maximum absolute atomic E-state index is 6.20. The fourth-order valence-corrected chi connectivity index (χ4v) is 3.51. The number of hydrogen-bond acceptors (Lipinski definition) is 2. The predicted molar refractivity (Wildman–Crippen MR) is 101 cm³/mol. The lowest BCUT2D eigenvalue weighted by Crippen LogP contribution is -2.30. The first-order valence-electron chi connectivity index (χ1n) is 8.91. The number of ether oxygens (including phenoxy) is 1. The predicted octanol–water partition coefficient (Wildman–Crippen LogP) is 5.65. The Bertz CT molecular complexity index is 665. The molecule has 0 radical (unpaired) electrons. The second-order valence-corrected chi connectivity index (χ2v) is 7.12. The molecule has 0 amide bonds. The Balaban J connectivity index is 1.65. The highest BCUT2D eigenvalue weighted by Gasteiger charge is 2.14. The average molecular weight is 344 g/mol. The SMILES string of the molecule is Cc1ccccc1COc1ccc(Cl)cc1CNC1CCCCC1. The zero-order valence-corrected chi connectivity index (χ0v) is 15.1. The van der Waals surface area contributed by atoms with Gasteiger partial charge in [-0.2, -0.15) is 0 Å². The highest BCUT2D eigenvalue weighted by molar-refractivity contribution is 6.30. The van der Waals surface area contributed by atoms with Gasteiger partial charge in [-0.25, -0.2) is 0 Å². The molecule has 1 N–H and O–H groups in total. The summed E-state index contributed by atoms with van der Waals surface area (Å²) in [5.74, 6) is 0.922. The summed E-state index contributed by atoms with van der Waals surface area (Å²) in [6.45, 7) is 3.52. The number of rotatable bonds is 6. The molecule has 0 bridgehead atoms. The Morgan fingerprint density at radius 1 is 1.04 bits per heavy atom. The molecule has 1 aliphatic carbocycles. The van der Waals surface area contributed by atoms with Crippen LogP contribution in [0, 0.1) is 6.92 Å². The van der Waals surface area contributed by atoms with E-state index in [9.17, 15) is 0 Å². The van der Waals surface area contributed by atoms with Gasteiger partial charge < -0.3 is 10.1 Å². The van der Waals surface area contributed by atoms with Crippen molar-refractivity contribution in [3.8, 4) is 5.75 Å². The average Bonchev–Trinajstić information content (AvgIpc) is 2.61. The summed E-state index contributed by atoms with van der Waals surface area (Å²) in [5, 5.41) is 4.44. The summed E-state index contributed by atoms with van der Waals surface area (Å²) in [7, 11) is 0. The van der Waals surface area contributed by atoms with E-state index in [0.717, 1.165) is 22.9 Å². The van der Waals surface area contributed by atoms with Crippen molar-refractivity contribution < 1.29 is 4.74 Å². The lowest BCUT2D eigenvalue weighted by atomic mass is 9.95. The largest absolute Gasteiger partial charge is 0.489 e. The van der Waals surface area contributed by atoms with E-state index in [2.05, 4.69) is 36.5 Å². The normalized spacial score (nSPS) is 15.4. The molecular weight excluding hydrogens is 318 g/mol. The van der Waals surface area contributed by atoms with Crippen LogP contribution in [0.4, 0.5) is 0 Å². The molecule has 1 fully saturated rings. The molecule has 0 aliphatic heterocycles. The van der Waals surface area contributed by atoms with Gasteiger partial charge in [-0.1, -0.05) is 55.1 Å². The number of hydrogen-bond donors (Lipinski definition) is 1. The molecule has 2 nitrogen and oxygen atoms in total. The lowest BCUT2D eigenvalue weighted by molar-refractivity contribution is 0.299. The highest BCUT2D eigenvalue weighted by Crippen LogP contribution is 2.25. The van der Waals surface area contributed by atoms with Crippen LogP contribution in [0.15, 0.2) is 42.5 Å². The van der Waals surface area contributed by atoms with Gasteiger partial charge in [-0.05, 0) is 49.1 Å². The molecule has 3 heteroatoms. The van der Waals surface area contributed by atoms with Crippen LogP contribution >= 0.6 is 11.6 Å². The molecule has 0 heterocycles. The monoisotopic (exact) mass is 343 g/mol. The van der Waals surface area contributed by atoms with Gasteiger partial charge in [0.2, 0.25) is 0 Å². The van der Waals surface area contributed by atoms with E-state index in [1.54, 1.807) is 0 Å². The first kappa shape index (κ1) is 17.3. The zero-order valence-electron chi connectivity index (χ0n) is 14.4. The Morgan fingerprint density at radius 2 is 1.83 bits per heavy atom. The number of aryl methyl sites for hydroxylation is 1. The van der Waals surface area contributed by atoms with Crippen LogP contribution in [0.3, 0.4) is 0 Å². The Labute approximate surface area is 150 Å². The van der Waals surface area contributed by atoms with Crippen LogP contribution in [0.1, 0.15) is 48.8 Å². The summed E-state index contributed by atoms with van der Waals surface area (Å²) >= 11 is 6.20.